The summed E-state index contributed by atoms with van der Waals surface area (Å²) in [4.78, 5) is 23.5. The van der Waals surface area contributed by atoms with Crippen molar-refractivity contribution < 1.29 is 19.1 Å². The maximum absolute atomic E-state index is 11.7. The Bertz CT molecular complexity index is 384. The maximum Gasteiger partial charge on any atom is 0.317 e. The molecule has 0 N–H and O–H groups in total. The van der Waals surface area contributed by atoms with Crippen LogP contribution in [0.25, 0.3) is 0 Å². The molecule has 0 saturated heterocycles. The summed E-state index contributed by atoms with van der Waals surface area (Å²) in [7, 11) is 0. The highest BCUT2D eigenvalue weighted by atomic mass is 16.6. The van der Waals surface area contributed by atoms with Gasteiger partial charge in [-0.3, -0.25) is 9.59 Å². The average molecular weight is 469 g/mol. The molecule has 0 saturated carbocycles. The normalized spacial score (nSPS) is 11.0. The average Bonchev–Trinajstić information content (AvgIpc) is 2.80. The molecule has 0 aliphatic carbocycles. The zero-order chi connectivity index (χ0) is 24.2. The monoisotopic (exact) mass is 468 g/mol. The van der Waals surface area contributed by atoms with Crippen LogP contribution in [0.3, 0.4) is 0 Å². The van der Waals surface area contributed by atoms with Crippen molar-refractivity contribution >= 4 is 11.9 Å². The molecule has 0 aromatic heterocycles. The van der Waals surface area contributed by atoms with Gasteiger partial charge in [-0.05, 0) is 12.8 Å². The second kappa shape index (κ2) is 27.2. The van der Waals surface area contributed by atoms with Crippen LogP contribution < -0.4 is 0 Å². The van der Waals surface area contributed by atoms with Gasteiger partial charge in [0.1, 0.15) is 6.42 Å². The summed E-state index contributed by atoms with van der Waals surface area (Å²) in [6.45, 7) is 5.34. The Morgan fingerprint density at radius 2 is 0.636 bits per heavy atom. The van der Waals surface area contributed by atoms with Gasteiger partial charge in [-0.15, -0.1) is 0 Å². The van der Waals surface area contributed by atoms with Crippen molar-refractivity contribution in [3.8, 4) is 0 Å². The van der Waals surface area contributed by atoms with E-state index in [4.69, 9.17) is 9.47 Å². The first kappa shape index (κ1) is 31.9. The lowest BCUT2D eigenvalue weighted by Crippen LogP contribution is -2.15. The summed E-state index contributed by atoms with van der Waals surface area (Å²) in [5, 5.41) is 0. The number of hydrogen-bond acceptors (Lipinski definition) is 4. The molecule has 33 heavy (non-hydrogen) atoms. The Morgan fingerprint density at radius 3 is 0.909 bits per heavy atom. The third kappa shape index (κ3) is 27.1. The minimum atomic E-state index is -0.453. The van der Waals surface area contributed by atoms with Gasteiger partial charge in [0.25, 0.3) is 0 Å². The fraction of sp³-hybridized carbons (Fsp3) is 0.931. The van der Waals surface area contributed by atoms with Gasteiger partial charge in [-0.25, -0.2) is 0 Å². The maximum atomic E-state index is 11.7. The fourth-order valence-corrected chi connectivity index (χ4v) is 4.12. The molecule has 0 heterocycles. The van der Waals surface area contributed by atoms with E-state index in [2.05, 4.69) is 13.8 Å². The fourth-order valence-electron chi connectivity index (χ4n) is 4.12. The zero-order valence-corrected chi connectivity index (χ0v) is 22.3. The van der Waals surface area contributed by atoms with Crippen LogP contribution in [0.5, 0.6) is 0 Å². The number of rotatable bonds is 26. The zero-order valence-electron chi connectivity index (χ0n) is 22.3. The highest BCUT2D eigenvalue weighted by Gasteiger charge is 2.11. The molecule has 0 aromatic rings. The van der Waals surface area contributed by atoms with Crippen molar-refractivity contribution in [3.63, 3.8) is 0 Å². The Morgan fingerprint density at radius 1 is 0.394 bits per heavy atom. The van der Waals surface area contributed by atoms with E-state index in [9.17, 15) is 9.59 Å². The first-order chi connectivity index (χ1) is 16.2. The molecule has 4 heteroatoms. The van der Waals surface area contributed by atoms with Crippen LogP contribution in [-0.4, -0.2) is 25.2 Å². The van der Waals surface area contributed by atoms with Crippen LogP contribution in [0, 0.1) is 0 Å². The van der Waals surface area contributed by atoms with E-state index in [1.54, 1.807) is 0 Å². The van der Waals surface area contributed by atoms with E-state index in [1.165, 1.54) is 116 Å². The van der Waals surface area contributed by atoms with Crippen molar-refractivity contribution in [2.24, 2.45) is 0 Å². The van der Waals surface area contributed by atoms with E-state index in [0.717, 1.165) is 25.7 Å². The standard InChI is InChI=1S/C29H56O4/c1-3-5-7-9-11-13-15-17-19-21-23-25-32-28(30)27-29(31)33-26-24-22-20-18-16-14-12-10-8-6-4-2/h3-27H2,1-2H3. The molecular formula is C29H56O4. The van der Waals surface area contributed by atoms with Gasteiger partial charge in [0, 0.05) is 0 Å². The van der Waals surface area contributed by atoms with Crippen molar-refractivity contribution in [1.29, 1.82) is 0 Å². The number of carbonyl (C=O) groups excluding carboxylic acids is 2. The molecule has 0 atom stereocenters. The Hall–Kier alpha value is -1.06. The molecule has 4 nitrogen and oxygen atoms in total. The largest absolute Gasteiger partial charge is 0.465 e. The topological polar surface area (TPSA) is 52.6 Å². The molecule has 0 aromatic carbocycles. The third-order valence-electron chi connectivity index (χ3n) is 6.31. The minimum absolute atomic E-state index is 0.254. The van der Waals surface area contributed by atoms with E-state index in [0.29, 0.717) is 13.2 Å². The lowest BCUT2D eigenvalue weighted by atomic mass is 10.1. The molecular weight excluding hydrogens is 412 g/mol. The SMILES string of the molecule is CCCCCCCCCCCCCOC(=O)CC(=O)OCCCCCCCCCCCCC. The summed E-state index contributed by atoms with van der Waals surface area (Å²) in [5.74, 6) is -0.906. The molecule has 0 aliphatic rings. The molecule has 0 bridgehead atoms. The molecule has 0 unspecified atom stereocenters. The lowest BCUT2D eigenvalue weighted by Gasteiger charge is -2.06. The smallest absolute Gasteiger partial charge is 0.317 e. The van der Waals surface area contributed by atoms with Gasteiger partial charge in [0.15, 0.2) is 0 Å². The molecule has 0 radical (unpaired) electrons. The Labute approximate surface area is 206 Å². The predicted molar refractivity (Wildman–Crippen MR) is 139 cm³/mol. The van der Waals surface area contributed by atoms with Gasteiger partial charge >= 0.3 is 11.9 Å². The lowest BCUT2D eigenvalue weighted by molar-refractivity contribution is -0.154. The number of carbonyl (C=O) groups is 2. The number of hydrogen-bond donors (Lipinski definition) is 0. The summed E-state index contributed by atoms with van der Waals surface area (Å²) in [6.07, 6.45) is 27.6. The van der Waals surface area contributed by atoms with E-state index in [1.807, 2.05) is 0 Å². The van der Waals surface area contributed by atoms with Gasteiger partial charge < -0.3 is 9.47 Å². The van der Waals surface area contributed by atoms with Crippen LogP contribution in [0.4, 0.5) is 0 Å². The van der Waals surface area contributed by atoms with Crippen LogP contribution in [0.1, 0.15) is 162 Å². The van der Waals surface area contributed by atoms with Crippen molar-refractivity contribution in [1.82, 2.24) is 0 Å². The summed E-state index contributed by atoms with van der Waals surface area (Å²) in [6, 6.07) is 0. The number of unbranched alkanes of at least 4 members (excludes halogenated alkanes) is 20. The molecule has 196 valence electrons. The predicted octanol–water partition coefficient (Wildman–Crippen LogP) is 9.08. The van der Waals surface area contributed by atoms with Gasteiger partial charge in [-0.2, -0.15) is 0 Å². The highest BCUT2D eigenvalue weighted by molar-refractivity contribution is 5.91. The van der Waals surface area contributed by atoms with Gasteiger partial charge in [0.2, 0.25) is 0 Å². The van der Waals surface area contributed by atoms with Gasteiger partial charge in [-0.1, -0.05) is 142 Å². The molecule has 0 spiro atoms. The number of ether oxygens (including phenoxy) is 2. The van der Waals surface area contributed by atoms with Gasteiger partial charge in [0.05, 0.1) is 13.2 Å². The Kier molecular flexibility index (Phi) is 26.3. The summed E-state index contributed by atoms with van der Waals surface area (Å²) < 4.78 is 10.3. The number of esters is 2. The van der Waals surface area contributed by atoms with Crippen LogP contribution in [-0.2, 0) is 19.1 Å². The van der Waals surface area contributed by atoms with E-state index in [-0.39, 0.29) is 6.42 Å². The van der Waals surface area contributed by atoms with E-state index >= 15 is 0 Å². The quantitative estimate of drug-likeness (QED) is 0.0721. The first-order valence-corrected chi connectivity index (χ1v) is 14.5. The molecule has 0 rings (SSSR count). The Balaban J connectivity index is 3.30. The molecule has 0 aliphatic heterocycles. The summed E-state index contributed by atoms with van der Waals surface area (Å²) in [5.41, 5.74) is 0. The van der Waals surface area contributed by atoms with Crippen molar-refractivity contribution in [3.05, 3.63) is 0 Å². The molecule has 0 fully saturated rings. The second-order valence-electron chi connectivity index (χ2n) is 9.69. The van der Waals surface area contributed by atoms with Crippen LogP contribution in [0.15, 0.2) is 0 Å². The summed E-state index contributed by atoms with van der Waals surface area (Å²) >= 11 is 0. The second-order valence-corrected chi connectivity index (χ2v) is 9.69. The highest BCUT2D eigenvalue weighted by Crippen LogP contribution is 2.12. The van der Waals surface area contributed by atoms with Crippen LogP contribution >= 0.6 is 0 Å². The first-order valence-electron chi connectivity index (χ1n) is 14.5. The van der Waals surface area contributed by atoms with Crippen LogP contribution in [0.2, 0.25) is 0 Å². The molecule has 0 amide bonds. The van der Waals surface area contributed by atoms with Crippen molar-refractivity contribution in [2.45, 2.75) is 162 Å². The van der Waals surface area contributed by atoms with Crippen molar-refractivity contribution in [2.75, 3.05) is 13.2 Å². The minimum Gasteiger partial charge on any atom is -0.465 e. The van der Waals surface area contributed by atoms with E-state index < -0.39 is 11.9 Å². The third-order valence-corrected chi connectivity index (χ3v) is 6.31.